The molecule has 0 atom stereocenters. The zero-order chi connectivity index (χ0) is 17.2. The van der Waals surface area contributed by atoms with Gasteiger partial charge in [-0.05, 0) is 30.3 Å². The molecular weight excluding hydrogens is 353 g/mol. The summed E-state index contributed by atoms with van der Waals surface area (Å²) < 4.78 is 39.9. The third kappa shape index (κ3) is 3.75. The predicted octanol–water partition coefficient (Wildman–Crippen LogP) is 2.38. The lowest BCUT2D eigenvalue weighted by atomic mass is 10.3. The Morgan fingerprint density at radius 3 is 2.50 bits per heavy atom. The fraction of sp³-hybridized carbons (Fsp3) is 0.312. The molecule has 0 radical (unpaired) electrons. The SMILES string of the molecule is O=S(=O)(c1ccc(F)cc1Cl)N1CCN(Cc2ccccn2)CC1. The van der Waals surface area contributed by atoms with E-state index in [0.29, 0.717) is 32.7 Å². The highest BCUT2D eigenvalue weighted by Crippen LogP contribution is 2.26. The third-order valence-electron chi connectivity index (χ3n) is 3.95. The van der Waals surface area contributed by atoms with Crippen molar-refractivity contribution in [2.45, 2.75) is 11.4 Å². The highest BCUT2D eigenvalue weighted by Gasteiger charge is 2.30. The molecule has 1 aromatic carbocycles. The molecule has 0 aliphatic carbocycles. The fourth-order valence-corrected chi connectivity index (χ4v) is 4.60. The summed E-state index contributed by atoms with van der Waals surface area (Å²) in [7, 11) is -3.71. The highest BCUT2D eigenvalue weighted by molar-refractivity contribution is 7.89. The van der Waals surface area contributed by atoms with Gasteiger partial charge in [-0.15, -0.1) is 0 Å². The molecule has 1 aromatic heterocycles. The maximum absolute atomic E-state index is 13.1. The summed E-state index contributed by atoms with van der Waals surface area (Å²) in [5, 5.41) is -0.0917. The first kappa shape index (κ1) is 17.3. The van der Waals surface area contributed by atoms with E-state index in [9.17, 15) is 12.8 Å². The molecule has 0 N–H and O–H groups in total. The topological polar surface area (TPSA) is 53.5 Å². The molecule has 128 valence electrons. The van der Waals surface area contributed by atoms with E-state index in [1.807, 2.05) is 18.2 Å². The number of piperazine rings is 1. The Kier molecular flexibility index (Phi) is 5.15. The molecule has 3 rings (SSSR count). The van der Waals surface area contributed by atoms with Crippen molar-refractivity contribution in [3.8, 4) is 0 Å². The van der Waals surface area contributed by atoms with E-state index in [1.54, 1.807) is 6.20 Å². The van der Waals surface area contributed by atoms with Gasteiger partial charge in [0.25, 0.3) is 0 Å². The van der Waals surface area contributed by atoms with E-state index in [4.69, 9.17) is 11.6 Å². The standard InChI is InChI=1S/C16H17ClFN3O2S/c17-15-11-13(18)4-5-16(15)24(22,23)21-9-7-20(8-10-21)12-14-3-1-2-6-19-14/h1-6,11H,7-10,12H2. The zero-order valence-corrected chi connectivity index (χ0v) is 14.5. The van der Waals surface area contributed by atoms with Gasteiger partial charge < -0.3 is 0 Å². The number of hydrogen-bond acceptors (Lipinski definition) is 4. The molecule has 2 aromatic rings. The number of rotatable bonds is 4. The van der Waals surface area contributed by atoms with Crippen LogP contribution < -0.4 is 0 Å². The second-order valence-corrected chi connectivity index (χ2v) is 7.89. The van der Waals surface area contributed by atoms with Crippen LogP contribution in [0.3, 0.4) is 0 Å². The normalized spacial score (nSPS) is 17.1. The molecule has 0 saturated carbocycles. The largest absolute Gasteiger partial charge is 0.295 e. The van der Waals surface area contributed by atoms with Crippen molar-refractivity contribution in [1.82, 2.24) is 14.2 Å². The quantitative estimate of drug-likeness (QED) is 0.830. The number of benzene rings is 1. The molecule has 5 nitrogen and oxygen atoms in total. The lowest BCUT2D eigenvalue weighted by Crippen LogP contribution is -2.48. The lowest BCUT2D eigenvalue weighted by Gasteiger charge is -2.33. The van der Waals surface area contributed by atoms with Gasteiger partial charge in [-0.3, -0.25) is 9.88 Å². The van der Waals surface area contributed by atoms with Crippen LogP contribution in [0.2, 0.25) is 5.02 Å². The molecule has 0 bridgehead atoms. The molecule has 0 unspecified atom stereocenters. The van der Waals surface area contributed by atoms with Gasteiger partial charge >= 0.3 is 0 Å². The third-order valence-corrected chi connectivity index (χ3v) is 6.34. The Balaban J connectivity index is 1.67. The van der Waals surface area contributed by atoms with Crippen LogP contribution in [0, 0.1) is 5.82 Å². The lowest BCUT2D eigenvalue weighted by molar-refractivity contribution is 0.180. The first-order chi connectivity index (χ1) is 11.5. The summed E-state index contributed by atoms with van der Waals surface area (Å²) in [4.78, 5) is 6.38. The van der Waals surface area contributed by atoms with Gasteiger partial charge in [0.1, 0.15) is 10.7 Å². The number of hydrogen-bond donors (Lipinski definition) is 0. The maximum atomic E-state index is 13.1. The summed E-state index contributed by atoms with van der Waals surface area (Å²) in [5.41, 5.74) is 0.954. The van der Waals surface area contributed by atoms with Crippen molar-refractivity contribution in [2.24, 2.45) is 0 Å². The van der Waals surface area contributed by atoms with E-state index in [0.717, 1.165) is 17.8 Å². The van der Waals surface area contributed by atoms with Gasteiger partial charge in [0.2, 0.25) is 10.0 Å². The van der Waals surface area contributed by atoms with Crippen molar-refractivity contribution >= 4 is 21.6 Å². The summed E-state index contributed by atoms with van der Waals surface area (Å²) in [6.45, 7) is 2.63. The minimum absolute atomic E-state index is 0.0521. The van der Waals surface area contributed by atoms with Gasteiger partial charge in [0, 0.05) is 38.9 Å². The first-order valence-electron chi connectivity index (χ1n) is 7.54. The fourth-order valence-electron chi connectivity index (χ4n) is 2.67. The highest BCUT2D eigenvalue weighted by atomic mass is 35.5. The van der Waals surface area contributed by atoms with Gasteiger partial charge in [-0.2, -0.15) is 4.31 Å². The Bertz CT molecular complexity index is 809. The van der Waals surface area contributed by atoms with E-state index in [-0.39, 0.29) is 9.92 Å². The average molecular weight is 370 g/mol. The number of pyridine rings is 1. The van der Waals surface area contributed by atoms with Crippen LogP contribution in [0.25, 0.3) is 0 Å². The summed E-state index contributed by atoms with van der Waals surface area (Å²) >= 11 is 5.90. The zero-order valence-electron chi connectivity index (χ0n) is 12.9. The molecule has 24 heavy (non-hydrogen) atoms. The van der Waals surface area contributed by atoms with Crippen molar-refractivity contribution in [3.63, 3.8) is 0 Å². The molecule has 0 amide bonds. The van der Waals surface area contributed by atoms with Crippen LogP contribution in [0.1, 0.15) is 5.69 Å². The van der Waals surface area contributed by atoms with Crippen molar-refractivity contribution in [3.05, 3.63) is 59.1 Å². The van der Waals surface area contributed by atoms with Crippen LogP contribution in [0.5, 0.6) is 0 Å². The molecule has 8 heteroatoms. The molecule has 1 saturated heterocycles. The molecule has 1 fully saturated rings. The Morgan fingerprint density at radius 1 is 1.12 bits per heavy atom. The van der Waals surface area contributed by atoms with Crippen molar-refractivity contribution < 1.29 is 12.8 Å². The Labute approximate surface area is 145 Å². The molecule has 1 aliphatic heterocycles. The molecular formula is C16H17ClFN3O2S. The maximum Gasteiger partial charge on any atom is 0.244 e. The minimum atomic E-state index is -3.71. The summed E-state index contributed by atoms with van der Waals surface area (Å²) in [6.07, 6.45) is 1.74. The van der Waals surface area contributed by atoms with E-state index >= 15 is 0 Å². The smallest absolute Gasteiger partial charge is 0.244 e. The van der Waals surface area contributed by atoms with Gasteiger partial charge in [-0.25, -0.2) is 12.8 Å². The number of nitrogens with zero attached hydrogens (tertiary/aromatic N) is 3. The predicted molar refractivity (Wildman–Crippen MR) is 89.7 cm³/mol. The average Bonchev–Trinajstić information content (AvgIpc) is 2.56. The monoisotopic (exact) mass is 369 g/mol. The Morgan fingerprint density at radius 2 is 1.88 bits per heavy atom. The van der Waals surface area contributed by atoms with Crippen LogP contribution in [-0.4, -0.2) is 48.8 Å². The van der Waals surface area contributed by atoms with Gasteiger partial charge in [-0.1, -0.05) is 17.7 Å². The van der Waals surface area contributed by atoms with E-state index < -0.39 is 15.8 Å². The molecule has 1 aliphatic rings. The van der Waals surface area contributed by atoms with Gasteiger partial charge in [0.05, 0.1) is 10.7 Å². The van der Waals surface area contributed by atoms with E-state index in [1.165, 1.54) is 10.4 Å². The number of halogens is 2. The Hall–Kier alpha value is -1.54. The second kappa shape index (κ2) is 7.14. The molecule has 2 heterocycles. The number of aromatic nitrogens is 1. The first-order valence-corrected chi connectivity index (χ1v) is 9.36. The van der Waals surface area contributed by atoms with Gasteiger partial charge in [0.15, 0.2) is 0 Å². The van der Waals surface area contributed by atoms with E-state index in [2.05, 4.69) is 9.88 Å². The number of sulfonamides is 1. The van der Waals surface area contributed by atoms with Crippen molar-refractivity contribution in [1.29, 1.82) is 0 Å². The van der Waals surface area contributed by atoms with Crippen LogP contribution in [0.15, 0.2) is 47.5 Å². The molecule has 0 spiro atoms. The summed E-state index contributed by atoms with van der Waals surface area (Å²) in [5.74, 6) is -0.556. The van der Waals surface area contributed by atoms with Crippen LogP contribution in [0.4, 0.5) is 4.39 Å². The minimum Gasteiger partial charge on any atom is -0.295 e. The second-order valence-electron chi connectivity index (χ2n) is 5.58. The van der Waals surface area contributed by atoms with Crippen molar-refractivity contribution in [2.75, 3.05) is 26.2 Å². The van der Waals surface area contributed by atoms with Crippen LogP contribution >= 0.6 is 11.6 Å². The van der Waals surface area contributed by atoms with Crippen LogP contribution in [-0.2, 0) is 16.6 Å². The summed E-state index contributed by atoms with van der Waals surface area (Å²) in [6, 6.07) is 9.08.